The van der Waals surface area contributed by atoms with Gasteiger partial charge in [-0.05, 0) is 12.8 Å². The third kappa shape index (κ3) is 1.33. The molecule has 0 amide bonds. The molecule has 1 aliphatic rings. The summed E-state index contributed by atoms with van der Waals surface area (Å²) in [5, 5.41) is 10.6. The highest BCUT2D eigenvalue weighted by Gasteiger charge is 2.46. The molecule has 2 N–H and O–H groups in total. The monoisotopic (exact) mass is 197 g/mol. The third-order valence-corrected chi connectivity index (χ3v) is 2.29. The van der Waals surface area contributed by atoms with Crippen molar-refractivity contribution < 1.29 is 9.31 Å². The first-order valence-electron chi connectivity index (χ1n) is 4.12. The van der Waals surface area contributed by atoms with E-state index in [9.17, 15) is 14.5 Å². The number of nitrogens with zero attached hydrogens (tertiary/aromatic N) is 2. The van der Waals surface area contributed by atoms with E-state index >= 15 is 0 Å². The van der Waals surface area contributed by atoms with Crippen LogP contribution in [0.4, 0.5) is 10.1 Å². The molecule has 0 aromatic carbocycles. The van der Waals surface area contributed by atoms with E-state index in [0.717, 1.165) is 12.3 Å². The Bertz CT molecular complexity index is 404. The van der Waals surface area contributed by atoms with Gasteiger partial charge in [0.15, 0.2) is 0 Å². The highest BCUT2D eigenvalue weighted by Crippen LogP contribution is 2.45. The average molecular weight is 197 g/mol. The zero-order chi connectivity index (χ0) is 10.3. The molecule has 1 aromatic rings. The maximum absolute atomic E-state index is 12.7. The van der Waals surface area contributed by atoms with Gasteiger partial charge in [-0.2, -0.15) is 0 Å². The molecule has 74 valence electrons. The average Bonchev–Trinajstić information content (AvgIpc) is 2.84. The molecule has 1 fully saturated rings. The second-order valence-corrected chi connectivity index (χ2v) is 3.43. The Balaban J connectivity index is 2.54. The molecule has 0 radical (unpaired) electrons. The summed E-state index contributed by atoms with van der Waals surface area (Å²) in [7, 11) is 0. The van der Waals surface area contributed by atoms with Crippen molar-refractivity contribution in [2.75, 3.05) is 0 Å². The van der Waals surface area contributed by atoms with Crippen molar-refractivity contribution in [2.45, 2.75) is 18.4 Å². The van der Waals surface area contributed by atoms with E-state index in [0.29, 0.717) is 12.8 Å². The van der Waals surface area contributed by atoms with E-state index in [2.05, 4.69) is 4.98 Å². The Morgan fingerprint density at radius 1 is 1.64 bits per heavy atom. The van der Waals surface area contributed by atoms with E-state index < -0.39 is 16.3 Å². The zero-order valence-corrected chi connectivity index (χ0v) is 7.24. The number of aromatic nitrogens is 1. The molecule has 1 heterocycles. The molecule has 1 aliphatic carbocycles. The Labute approximate surface area is 78.9 Å². The summed E-state index contributed by atoms with van der Waals surface area (Å²) < 4.78 is 12.7. The summed E-state index contributed by atoms with van der Waals surface area (Å²) in [6.07, 6.45) is 2.27. The number of pyridine rings is 1. The fourth-order valence-electron chi connectivity index (χ4n) is 1.32. The molecule has 0 bridgehead atoms. The Hall–Kier alpha value is -1.56. The van der Waals surface area contributed by atoms with Gasteiger partial charge in [0, 0.05) is 0 Å². The summed E-state index contributed by atoms with van der Waals surface area (Å²) in [5.74, 6) is -0.718. The lowest BCUT2D eigenvalue weighted by Gasteiger charge is -2.07. The summed E-state index contributed by atoms with van der Waals surface area (Å²) >= 11 is 0. The minimum Gasteiger partial charge on any atom is -0.320 e. The molecule has 2 rings (SSSR count). The van der Waals surface area contributed by atoms with Crippen LogP contribution >= 0.6 is 0 Å². The first kappa shape index (κ1) is 9.01. The van der Waals surface area contributed by atoms with Gasteiger partial charge < -0.3 is 5.73 Å². The number of halogens is 1. The smallest absolute Gasteiger partial charge is 0.295 e. The fraction of sp³-hybridized carbons (Fsp3) is 0.375. The summed E-state index contributed by atoms with van der Waals surface area (Å²) in [5.41, 5.74) is 4.91. The molecule has 5 nitrogen and oxygen atoms in total. The SMILES string of the molecule is NC1(c2ncc(F)cc2[N+](=O)[O-])CC1. The normalized spacial score (nSPS) is 17.9. The van der Waals surface area contributed by atoms with Crippen molar-refractivity contribution in [3.8, 4) is 0 Å². The predicted octanol–water partition coefficient (Wildman–Crippen LogP) is 1.08. The van der Waals surface area contributed by atoms with Gasteiger partial charge in [-0.25, -0.2) is 9.37 Å². The molecule has 0 atom stereocenters. The quantitative estimate of drug-likeness (QED) is 0.568. The van der Waals surface area contributed by atoms with Crippen LogP contribution < -0.4 is 5.73 Å². The predicted molar refractivity (Wildman–Crippen MR) is 45.9 cm³/mol. The summed E-state index contributed by atoms with van der Waals surface area (Å²) in [4.78, 5) is 13.6. The van der Waals surface area contributed by atoms with Crippen LogP contribution in [0.5, 0.6) is 0 Å². The first-order chi connectivity index (χ1) is 6.53. The van der Waals surface area contributed by atoms with Gasteiger partial charge in [0.2, 0.25) is 0 Å². The number of rotatable bonds is 2. The van der Waals surface area contributed by atoms with E-state index in [1.165, 1.54) is 0 Å². The lowest BCUT2D eigenvalue weighted by atomic mass is 10.1. The van der Waals surface area contributed by atoms with Crippen LogP contribution in [-0.4, -0.2) is 9.91 Å². The molecule has 6 heteroatoms. The molecule has 1 aromatic heterocycles. The highest BCUT2D eigenvalue weighted by atomic mass is 19.1. The van der Waals surface area contributed by atoms with Crippen LogP contribution in [0.25, 0.3) is 0 Å². The lowest BCUT2D eigenvalue weighted by molar-refractivity contribution is -0.386. The second-order valence-electron chi connectivity index (χ2n) is 3.43. The maximum atomic E-state index is 12.7. The van der Waals surface area contributed by atoms with Crippen LogP contribution in [0.3, 0.4) is 0 Å². The minimum atomic E-state index is -0.718. The molecule has 0 aliphatic heterocycles. The van der Waals surface area contributed by atoms with Crippen molar-refractivity contribution in [1.29, 1.82) is 0 Å². The van der Waals surface area contributed by atoms with Crippen molar-refractivity contribution in [1.82, 2.24) is 4.98 Å². The molecule has 0 saturated heterocycles. The van der Waals surface area contributed by atoms with Gasteiger partial charge in [-0.3, -0.25) is 10.1 Å². The maximum Gasteiger partial charge on any atom is 0.295 e. The van der Waals surface area contributed by atoms with Crippen LogP contribution in [0, 0.1) is 15.9 Å². The van der Waals surface area contributed by atoms with Gasteiger partial charge in [0.25, 0.3) is 5.69 Å². The number of nitrogens with two attached hydrogens (primary N) is 1. The fourth-order valence-corrected chi connectivity index (χ4v) is 1.32. The Morgan fingerprint density at radius 2 is 2.29 bits per heavy atom. The largest absolute Gasteiger partial charge is 0.320 e. The van der Waals surface area contributed by atoms with Crippen LogP contribution in [0.1, 0.15) is 18.5 Å². The molecular weight excluding hydrogens is 189 g/mol. The molecular formula is C8H8FN3O2. The minimum absolute atomic E-state index is 0.184. The number of hydrogen-bond donors (Lipinski definition) is 1. The number of hydrogen-bond acceptors (Lipinski definition) is 4. The van der Waals surface area contributed by atoms with E-state index in [1.54, 1.807) is 0 Å². The van der Waals surface area contributed by atoms with Crippen molar-refractivity contribution in [2.24, 2.45) is 5.73 Å². The van der Waals surface area contributed by atoms with Gasteiger partial charge >= 0.3 is 0 Å². The molecule has 1 saturated carbocycles. The standard InChI is InChI=1S/C8H8FN3O2/c9-5-3-6(12(13)14)7(11-4-5)8(10)1-2-8/h3-4H,1-2,10H2. The molecule has 0 spiro atoms. The second kappa shape index (κ2) is 2.71. The van der Waals surface area contributed by atoms with E-state index in [1.807, 2.05) is 0 Å². The van der Waals surface area contributed by atoms with E-state index in [4.69, 9.17) is 5.73 Å². The van der Waals surface area contributed by atoms with Crippen molar-refractivity contribution in [3.63, 3.8) is 0 Å². The van der Waals surface area contributed by atoms with Crippen LogP contribution in [0.2, 0.25) is 0 Å². The van der Waals surface area contributed by atoms with Crippen LogP contribution in [0.15, 0.2) is 12.3 Å². The highest BCUT2D eigenvalue weighted by molar-refractivity contribution is 5.42. The summed E-state index contributed by atoms with van der Waals surface area (Å²) in [6, 6.07) is 0.856. The number of nitro groups is 1. The first-order valence-corrected chi connectivity index (χ1v) is 4.12. The lowest BCUT2D eigenvalue weighted by Crippen LogP contribution is -2.22. The van der Waals surface area contributed by atoms with Gasteiger partial charge in [-0.15, -0.1) is 0 Å². The zero-order valence-electron chi connectivity index (χ0n) is 7.24. The third-order valence-electron chi connectivity index (χ3n) is 2.29. The molecule has 14 heavy (non-hydrogen) atoms. The van der Waals surface area contributed by atoms with E-state index in [-0.39, 0.29) is 11.4 Å². The van der Waals surface area contributed by atoms with Crippen molar-refractivity contribution >= 4 is 5.69 Å². The van der Waals surface area contributed by atoms with Gasteiger partial charge in [0.05, 0.1) is 22.7 Å². The Kier molecular flexibility index (Phi) is 1.75. The molecule has 0 unspecified atom stereocenters. The topological polar surface area (TPSA) is 82.0 Å². The van der Waals surface area contributed by atoms with Crippen molar-refractivity contribution in [3.05, 3.63) is 33.9 Å². The Morgan fingerprint density at radius 3 is 2.79 bits per heavy atom. The summed E-state index contributed by atoms with van der Waals surface area (Å²) in [6.45, 7) is 0. The van der Waals surface area contributed by atoms with Gasteiger partial charge in [-0.1, -0.05) is 0 Å². The van der Waals surface area contributed by atoms with Gasteiger partial charge in [0.1, 0.15) is 11.5 Å². The van der Waals surface area contributed by atoms with Crippen LogP contribution in [-0.2, 0) is 5.54 Å².